The van der Waals surface area contributed by atoms with E-state index in [0.717, 1.165) is 17.7 Å². The van der Waals surface area contributed by atoms with E-state index in [1.807, 2.05) is 47.4 Å². The molecule has 0 bridgehead atoms. The lowest BCUT2D eigenvalue weighted by Gasteiger charge is -1.98. The van der Waals surface area contributed by atoms with Crippen LogP contribution in [0.5, 0.6) is 0 Å². The first-order chi connectivity index (χ1) is 7.40. The lowest BCUT2D eigenvalue weighted by Crippen LogP contribution is -1.92. The molecule has 0 aliphatic rings. The highest BCUT2D eigenvalue weighted by Gasteiger charge is 1.99. The fraction of sp³-hybridized carbons (Fsp3) is 0.167. The largest absolute Gasteiger partial charge is 0.241 e. The van der Waals surface area contributed by atoms with Crippen LogP contribution in [0.3, 0.4) is 0 Å². The lowest BCUT2D eigenvalue weighted by atomic mass is 10.2. The van der Waals surface area contributed by atoms with Crippen LogP contribution < -0.4 is 0 Å². The van der Waals surface area contributed by atoms with Gasteiger partial charge in [-0.25, -0.2) is 4.68 Å². The molecule has 1 aromatic carbocycles. The molecule has 0 spiro atoms. The fourth-order valence-corrected chi connectivity index (χ4v) is 1.41. The molecular formula is C12H11N3. The van der Waals surface area contributed by atoms with Crippen LogP contribution in [-0.4, -0.2) is 9.78 Å². The maximum Gasteiger partial charge on any atom is 0.0645 e. The van der Waals surface area contributed by atoms with Gasteiger partial charge in [-0.2, -0.15) is 10.4 Å². The smallest absolute Gasteiger partial charge is 0.0645 e. The number of aromatic nitrogens is 2. The minimum atomic E-state index is 0.542. The first-order valence-electron chi connectivity index (χ1n) is 4.86. The molecule has 0 N–H and O–H groups in total. The van der Waals surface area contributed by atoms with Gasteiger partial charge in [0.05, 0.1) is 18.0 Å². The zero-order valence-corrected chi connectivity index (χ0v) is 8.30. The lowest BCUT2D eigenvalue weighted by molar-refractivity contribution is 0.879. The van der Waals surface area contributed by atoms with E-state index < -0.39 is 0 Å². The SMILES string of the molecule is N#CCCc1cnn(-c2ccccc2)c1. The number of nitriles is 1. The molecule has 0 aliphatic heterocycles. The third kappa shape index (κ3) is 2.23. The molecule has 0 atom stereocenters. The van der Waals surface area contributed by atoms with Crippen molar-refractivity contribution in [2.45, 2.75) is 12.8 Å². The van der Waals surface area contributed by atoms with Gasteiger partial charge in [-0.1, -0.05) is 18.2 Å². The van der Waals surface area contributed by atoms with Gasteiger partial charge >= 0.3 is 0 Å². The Labute approximate surface area is 88.6 Å². The van der Waals surface area contributed by atoms with Gasteiger partial charge in [0.2, 0.25) is 0 Å². The molecule has 0 saturated carbocycles. The van der Waals surface area contributed by atoms with Gasteiger partial charge in [0.15, 0.2) is 0 Å². The fourth-order valence-electron chi connectivity index (χ4n) is 1.41. The summed E-state index contributed by atoms with van der Waals surface area (Å²) in [6, 6.07) is 12.1. The summed E-state index contributed by atoms with van der Waals surface area (Å²) in [4.78, 5) is 0. The van der Waals surface area contributed by atoms with E-state index in [4.69, 9.17) is 5.26 Å². The van der Waals surface area contributed by atoms with Crippen LogP contribution in [0.2, 0.25) is 0 Å². The van der Waals surface area contributed by atoms with Crippen molar-refractivity contribution >= 4 is 0 Å². The summed E-state index contributed by atoms with van der Waals surface area (Å²) in [7, 11) is 0. The Kier molecular flexibility index (Phi) is 2.80. The number of para-hydroxylation sites is 1. The van der Waals surface area contributed by atoms with Gasteiger partial charge in [-0.15, -0.1) is 0 Å². The zero-order valence-electron chi connectivity index (χ0n) is 8.30. The standard InChI is InChI=1S/C12H11N3/c13-8-4-5-11-9-14-15(10-11)12-6-2-1-3-7-12/h1-3,6-7,9-10H,4-5H2. The highest BCUT2D eigenvalue weighted by molar-refractivity contribution is 5.30. The number of benzene rings is 1. The third-order valence-electron chi connectivity index (χ3n) is 2.18. The number of rotatable bonds is 3. The number of aryl methyl sites for hydroxylation is 1. The Morgan fingerprint density at radius 2 is 2.07 bits per heavy atom. The summed E-state index contributed by atoms with van der Waals surface area (Å²) in [6.07, 6.45) is 5.08. The molecule has 0 aliphatic carbocycles. The molecule has 0 radical (unpaired) electrons. The van der Waals surface area contributed by atoms with Crippen molar-refractivity contribution in [1.82, 2.24) is 9.78 Å². The van der Waals surface area contributed by atoms with Crippen LogP contribution >= 0.6 is 0 Å². The summed E-state index contributed by atoms with van der Waals surface area (Å²) >= 11 is 0. The van der Waals surface area contributed by atoms with Crippen molar-refractivity contribution in [2.75, 3.05) is 0 Å². The minimum Gasteiger partial charge on any atom is -0.241 e. The predicted molar refractivity (Wildman–Crippen MR) is 57.5 cm³/mol. The van der Waals surface area contributed by atoms with Crippen molar-refractivity contribution in [3.63, 3.8) is 0 Å². The zero-order chi connectivity index (χ0) is 10.5. The van der Waals surface area contributed by atoms with Gasteiger partial charge < -0.3 is 0 Å². The number of nitrogens with zero attached hydrogens (tertiary/aromatic N) is 3. The quantitative estimate of drug-likeness (QED) is 0.757. The van der Waals surface area contributed by atoms with E-state index in [2.05, 4.69) is 11.2 Å². The van der Waals surface area contributed by atoms with Gasteiger partial charge in [0, 0.05) is 12.6 Å². The third-order valence-corrected chi connectivity index (χ3v) is 2.18. The predicted octanol–water partition coefficient (Wildman–Crippen LogP) is 2.33. The molecule has 1 aromatic heterocycles. The summed E-state index contributed by atoms with van der Waals surface area (Å²) in [5.41, 5.74) is 2.14. The molecule has 1 heterocycles. The average molecular weight is 197 g/mol. The topological polar surface area (TPSA) is 41.6 Å². The molecule has 2 aromatic rings. The summed E-state index contributed by atoms with van der Waals surface area (Å²) in [6.45, 7) is 0. The van der Waals surface area contributed by atoms with Crippen molar-refractivity contribution in [2.24, 2.45) is 0 Å². The highest BCUT2D eigenvalue weighted by atomic mass is 15.3. The van der Waals surface area contributed by atoms with Gasteiger partial charge in [-0.05, 0) is 24.1 Å². The van der Waals surface area contributed by atoms with Crippen LogP contribution in [0.25, 0.3) is 5.69 Å². The molecule has 15 heavy (non-hydrogen) atoms. The van der Waals surface area contributed by atoms with E-state index in [1.165, 1.54) is 0 Å². The Morgan fingerprint density at radius 3 is 2.80 bits per heavy atom. The summed E-state index contributed by atoms with van der Waals surface area (Å²) in [5.74, 6) is 0. The van der Waals surface area contributed by atoms with Crippen molar-refractivity contribution < 1.29 is 0 Å². The average Bonchev–Trinajstić information content (AvgIpc) is 2.76. The Balaban J connectivity index is 2.18. The van der Waals surface area contributed by atoms with E-state index in [0.29, 0.717) is 6.42 Å². The molecule has 3 heteroatoms. The Hall–Kier alpha value is -2.08. The highest BCUT2D eigenvalue weighted by Crippen LogP contribution is 2.08. The Bertz CT molecular complexity index is 465. The Morgan fingerprint density at radius 1 is 1.27 bits per heavy atom. The molecule has 2 rings (SSSR count). The summed E-state index contributed by atoms with van der Waals surface area (Å²) in [5, 5.41) is 12.7. The van der Waals surface area contributed by atoms with E-state index in [-0.39, 0.29) is 0 Å². The van der Waals surface area contributed by atoms with Crippen molar-refractivity contribution in [3.05, 3.63) is 48.3 Å². The van der Waals surface area contributed by atoms with Gasteiger partial charge in [-0.3, -0.25) is 0 Å². The van der Waals surface area contributed by atoms with E-state index >= 15 is 0 Å². The van der Waals surface area contributed by atoms with E-state index in [1.54, 1.807) is 0 Å². The maximum atomic E-state index is 8.47. The van der Waals surface area contributed by atoms with Gasteiger partial charge in [0.1, 0.15) is 0 Å². The monoisotopic (exact) mass is 197 g/mol. The maximum absolute atomic E-state index is 8.47. The molecule has 0 amide bonds. The van der Waals surface area contributed by atoms with Crippen LogP contribution in [0.15, 0.2) is 42.7 Å². The number of hydrogen-bond donors (Lipinski definition) is 0. The molecule has 3 nitrogen and oxygen atoms in total. The van der Waals surface area contributed by atoms with Crippen LogP contribution in [-0.2, 0) is 6.42 Å². The van der Waals surface area contributed by atoms with Gasteiger partial charge in [0.25, 0.3) is 0 Å². The summed E-state index contributed by atoms with van der Waals surface area (Å²) < 4.78 is 1.83. The van der Waals surface area contributed by atoms with Crippen LogP contribution in [0.4, 0.5) is 0 Å². The molecular weight excluding hydrogens is 186 g/mol. The van der Waals surface area contributed by atoms with Crippen LogP contribution in [0, 0.1) is 11.3 Å². The molecule has 0 fully saturated rings. The second-order valence-corrected chi connectivity index (χ2v) is 3.29. The van der Waals surface area contributed by atoms with E-state index in [9.17, 15) is 0 Å². The van der Waals surface area contributed by atoms with Crippen LogP contribution in [0.1, 0.15) is 12.0 Å². The molecule has 0 unspecified atom stereocenters. The minimum absolute atomic E-state index is 0.542. The van der Waals surface area contributed by atoms with Crippen molar-refractivity contribution in [1.29, 1.82) is 5.26 Å². The molecule has 74 valence electrons. The second kappa shape index (κ2) is 4.43. The first kappa shape index (κ1) is 9.47. The van der Waals surface area contributed by atoms with Crippen molar-refractivity contribution in [3.8, 4) is 11.8 Å². The number of hydrogen-bond acceptors (Lipinski definition) is 2. The first-order valence-corrected chi connectivity index (χ1v) is 4.86. The normalized spacial score (nSPS) is 9.80. The molecule has 0 saturated heterocycles. The second-order valence-electron chi connectivity index (χ2n) is 3.29.